The van der Waals surface area contributed by atoms with E-state index >= 15 is 0 Å². The Morgan fingerprint density at radius 3 is 3.15 bits per heavy atom. The molecule has 2 N–H and O–H groups in total. The molecular formula is C16H23ClN2S. The van der Waals surface area contributed by atoms with Crippen LogP contribution in [-0.2, 0) is 0 Å². The lowest BCUT2D eigenvalue weighted by Crippen LogP contribution is -2.37. The highest BCUT2D eigenvalue weighted by Gasteiger charge is 2.24. The summed E-state index contributed by atoms with van der Waals surface area (Å²) in [6.45, 7) is 3.50. The Morgan fingerprint density at radius 2 is 2.35 bits per heavy atom. The van der Waals surface area contributed by atoms with Gasteiger partial charge < -0.3 is 10.6 Å². The Kier molecular flexibility index (Phi) is 4.92. The monoisotopic (exact) mass is 310 g/mol. The standard InChI is InChI=1S/C16H23ClN2S/c1-11(9-13-3-2-7-18-13)19-15-6-8-20-16-5-4-12(17)10-14(15)16/h4-5,10-11,13,15,18-19H,2-3,6-9H2,1H3. The summed E-state index contributed by atoms with van der Waals surface area (Å²) in [4.78, 5) is 1.39. The van der Waals surface area contributed by atoms with Gasteiger partial charge in [0, 0.05) is 28.0 Å². The predicted octanol–water partition coefficient (Wildman–Crippen LogP) is 4.00. The Labute approximate surface area is 131 Å². The zero-order valence-corrected chi connectivity index (χ0v) is 13.6. The summed E-state index contributed by atoms with van der Waals surface area (Å²) in [5, 5.41) is 8.26. The van der Waals surface area contributed by atoms with Gasteiger partial charge in [-0.1, -0.05) is 11.6 Å². The van der Waals surface area contributed by atoms with Gasteiger partial charge in [-0.25, -0.2) is 0 Å². The summed E-state index contributed by atoms with van der Waals surface area (Å²) in [5.74, 6) is 1.20. The number of hydrogen-bond acceptors (Lipinski definition) is 3. The van der Waals surface area contributed by atoms with Gasteiger partial charge in [0.1, 0.15) is 0 Å². The molecular weight excluding hydrogens is 288 g/mol. The molecule has 20 heavy (non-hydrogen) atoms. The first-order valence-corrected chi connectivity index (χ1v) is 9.00. The van der Waals surface area contributed by atoms with Crippen molar-refractivity contribution in [3.63, 3.8) is 0 Å². The maximum atomic E-state index is 6.17. The predicted molar refractivity (Wildman–Crippen MR) is 87.8 cm³/mol. The van der Waals surface area contributed by atoms with Crippen LogP contribution in [-0.4, -0.2) is 24.4 Å². The molecule has 3 unspecified atom stereocenters. The zero-order valence-electron chi connectivity index (χ0n) is 12.0. The van der Waals surface area contributed by atoms with Crippen molar-refractivity contribution in [3.05, 3.63) is 28.8 Å². The van der Waals surface area contributed by atoms with Crippen LogP contribution in [0.1, 0.15) is 44.2 Å². The molecule has 2 aliphatic heterocycles. The molecule has 1 saturated heterocycles. The van der Waals surface area contributed by atoms with Crippen molar-refractivity contribution in [3.8, 4) is 0 Å². The average Bonchev–Trinajstić information content (AvgIpc) is 2.92. The van der Waals surface area contributed by atoms with E-state index in [1.165, 1.54) is 48.4 Å². The van der Waals surface area contributed by atoms with Gasteiger partial charge in [0.05, 0.1) is 0 Å². The van der Waals surface area contributed by atoms with Gasteiger partial charge in [0.2, 0.25) is 0 Å². The number of hydrogen-bond donors (Lipinski definition) is 2. The third kappa shape index (κ3) is 3.51. The minimum Gasteiger partial charge on any atom is -0.314 e. The van der Waals surface area contributed by atoms with Crippen molar-refractivity contribution < 1.29 is 0 Å². The summed E-state index contributed by atoms with van der Waals surface area (Å²) < 4.78 is 0. The highest BCUT2D eigenvalue weighted by Crippen LogP contribution is 2.37. The molecule has 0 bridgehead atoms. The molecule has 1 fully saturated rings. The van der Waals surface area contributed by atoms with Crippen molar-refractivity contribution in [2.75, 3.05) is 12.3 Å². The van der Waals surface area contributed by atoms with E-state index in [0.717, 1.165) is 5.02 Å². The quantitative estimate of drug-likeness (QED) is 0.879. The van der Waals surface area contributed by atoms with E-state index in [9.17, 15) is 0 Å². The van der Waals surface area contributed by atoms with Crippen LogP contribution in [0.15, 0.2) is 23.1 Å². The van der Waals surface area contributed by atoms with Crippen LogP contribution < -0.4 is 10.6 Å². The zero-order chi connectivity index (χ0) is 13.9. The maximum Gasteiger partial charge on any atom is 0.0410 e. The van der Waals surface area contributed by atoms with E-state index in [-0.39, 0.29) is 0 Å². The molecule has 1 aromatic carbocycles. The molecule has 0 aromatic heterocycles. The molecule has 110 valence electrons. The van der Waals surface area contributed by atoms with E-state index in [0.29, 0.717) is 18.1 Å². The minimum absolute atomic E-state index is 0.460. The number of benzene rings is 1. The van der Waals surface area contributed by atoms with Crippen LogP contribution in [0.2, 0.25) is 5.02 Å². The molecule has 3 rings (SSSR count). The summed E-state index contributed by atoms with van der Waals surface area (Å²) >= 11 is 8.12. The summed E-state index contributed by atoms with van der Waals surface area (Å²) in [6, 6.07) is 8.02. The first-order valence-electron chi connectivity index (χ1n) is 7.64. The first kappa shape index (κ1) is 14.7. The fourth-order valence-corrected chi connectivity index (χ4v) is 4.62. The normalized spacial score (nSPS) is 27.3. The topological polar surface area (TPSA) is 24.1 Å². The van der Waals surface area contributed by atoms with Crippen LogP contribution in [0.5, 0.6) is 0 Å². The van der Waals surface area contributed by atoms with Gasteiger partial charge >= 0.3 is 0 Å². The second-order valence-electron chi connectivity index (χ2n) is 5.97. The molecule has 3 atom stereocenters. The third-order valence-corrected chi connectivity index (χ3v) is 5.66. The van der Waals surface area contributed by atoms with Crippen LogP contribution in [0.4, 0.5) is 0 Å². The van der Waals surface area contributed by atoms with Gasteiger partial charge in [0.25, 0.3) is 0 Å². The molecule has 0 amide bonds. The number of fused-ring (bicyclic) bond motifs is 1. The fourth-order valence-electron chi connectivity index (χ4n) is 3.33. The summed E-state index contributed by atoms with van der Waals surface area (Å²) in [7, 11) is 0. The second-order valence-corrected chi connectivity index (χ2v) is 7.54. The molecule has 0 saturated carbocycles. The third-order valence-electron chi connectivity index (χ3n) is 4.30. The highest BCUT2D eigenvalue weighted by atomic mass is 35.5. The first-order chi connectivity index (χ1) is 9.72. The number of thioether (sulfide) groups is 1. The van der Waals surface area contributed by atoms with Crippen molar-refractivity contribution >= 4 is 23.4 Å². The molecule has 1 aromatic rings. The maximum absolute atomic E-state index is 6.17. The van der Waals surface area contributed by atoms with Gasteiger partial charge in [-0.05, 0) is 68.7 Å². The Hall–Kier alpha value is -0.220. The molecule has 4 heteroatoms. The van der Waals surface area contributed by atoms with Crippen molar-refractivity contribution in [2.24, 2.45) is 0 Å². The van der Waals surface area contributed by atoms with Crippen LogP contribution in [0, 0.1) is 0 Å². The Bertz CT molecular complexity index is 460. The van der Waals surface area contributed by atoms with Crippen LogP contribution >= 0.6 is 23.4 Å². The van der Waals surface area contributed by atoms with Crippen molar-refractivity contribution in [1.29, 1.82) is 0 Å². The lowest BCUT2D eigenvalue weighted by molar-refractivity contribution is 0.386. The van der Waals surface area contributed by atoms with Crippen molar-refractivity contribution in [2.45, 2.75) is 55.6 Å². The van der Waals surface area contributed by atoms with Gasteiger partial charge in [-0.15, -0.1) is 11.8 Å². The van der Waals surface area contributed by atoms with E-state index < -0.39 is 0 Å². The van der Waals surface area contributed by atoms with Gasteiger partial charge in [-0.3, -0.25) is 0 Å². The SMILES string of the molecule is CC(CC1CCCN1)NC1CCSc2ccc(Cl)cc21. The van der Waals surface area contributed by atoms with Crippen molar-refractivity contribution in [1.82, 2.24) is 10.6 Å². The fraction of sp³-hybridized carbons (Fsp3) is 0.625. The lowest BCUT2D eigenvalue weighted by Gasteiger charge is -2.30. The smallest absolute Gasteiger partial charge is 0.0410 e. The highest BCUT2D eigenvalue weighted by molar-refractivity contribution is 7.99. The average molecular weight is 311 g/mol. The van der Waals surface area contributed by atoms with Gasteiger partial charge in [-0.2, -0.15) is 0 Å². The summed E-state index contributed by atoms with van der Waals surface area (Å²) in [6.07, 6.45) is 5.07. The molecule has 0 aliphatic carbocycles. The minimum atomic E-state index is 0.460. The summed E-state index contributed by atoms with van der Waals surface area (Å²) in [5.41, 5.74) is 1.39. The lowest BCUT2D eigenvalue weighted by atomic mass is 10.0. The van der Waals surface area contributed by atoms with E-state index in [4.69, 9.17) is 11.6 Å². The van der Waals surface area contributed by atoms with Crippen LogP contribution in [0.3, 0.4) is 0 Å². The van der Waals surface area contributed by atoms with E-state index in [2.05, 4.69) is 29.7 Å². The molecule has 2 aliphatic rings. The number of rotatable bonds is 4. The number of halogens is 1. The van der Waals surface area contributed by atoms with E-state index in [1.54, 1.807) is 0 Å². The molecule has 2 heterocycles. The molecule has 0 spiro atoms. The second kappa shape index (κ2) is 6.69. The van der Waals surface area contributed by atoms with E-state index in [1.807, 2.05) is 17.8 Å². The molecule has 0 radical (unpaired) electrons. The number of nitrogens with one attached hydrogen (secondary N) is 2. The Balaban J connectivity index is 1.64. The Morgan fingerprint density at radius 1 is 1.45 bits per heavy atom. The van der Waals surface area contributed by atoms with Crippen LogP contribution in [0.25, 0.3) is 0 Å². The largest absolute Gasteiger partial charge is 0.314 e. The molecule has 2 nitrogen and oxygen atoms in total. The van der Waals surface area contributed by atoms with Gasteiger partial charge in [0.15, 0.2) is 0 Å².